The van der Waals surface area contributed by atoms with Crippen LogP contribution in [0.15, 0.2) is 18.2 Å². The summed E-state index contributed by atoms with van der Waals surface area (Å²) in [5.74, 6) is -1.83. The Morgan fingerprint density at radius 1 is 1.44 bits per heavy atom. The van der Waals surface area contributed by atoms with Crippen LogP contribution in [0.25, 0.3) is 0 Å². The van der Waals surface area contributed by atoms with Gasteiger partial charge in [0.2, 0.25) is 0 Å². The fourth-order valence-corrected chi connectivity index (χ4v) is 3.01. The lowest BCUT2D eigenvalue weighted by atomic mass is 10.1. The van der Waals surface area contributed by atoms with Gasteiger partial charge in [-0.15, -0.1) is 11.8 Å². The molecule has 2 nitrogen and oxygen atoms in total. The van der Waals surface area contributed by atoms with Crippen molar-refractivity contribution in [1.82, 2.24) is 0 Å². The van der Waals surface area contributed by atoms with Gasteiger partial charge in [0.25, 0.3) is 0 Å². The van der Waals surface area contributed by atoms with Crippen molar-refractivity contribution in [3.8, 4) is 0 Å². The van der Waals surface area contributed by atoms with E-state index in [-0.39, 0.29) is 23.2 Å². The van der Waals surface area contributed by atoms with Crippen LogP contribution in [0.4, 0.5) is 8.78 Å². The van der Waals surface area contributed by atoms with E-state index < -0.39 is 11.6 Å². The third kappa shape index (κ3) is 3.09. The monoisotopic (exact) mass is 272 g/mol. The quantitative estimate of drug-likeness (QED) is 0.788. The van der Waals surface area contributed by atoms with Crippen molar-refractivity contribution in [2.75, 3.05) is 12.4 Å². The highest BCUT2D eigenvalue weighted by Crippen LogP contribution is 2.26. The summed E-state index contributed by atoms with van der Waals surface area (Å²) in [5.41, 5.74) is 0.216. The van der Waals surface area contributed by atoms with Crippen LogP contribution in [0.1, 0.15) is 23.7 Å². The molecule has 0 amide bonds. The van der Waals surface area contributed by atoms with Gasteiger partial charge in [-0.2, -0.15) is 0 Å². The van der Waals surface area contributed by atoms with E-state index in [1.165, 1.54) is 17.8 Å². The van der Waals surface area contributed by atoms with Crippen LogP contribution in [0, 0.1) is 11.6 Å². The molecule has 0 spiro atoms. The molecule has 1 aliphatic rings. The van der Waals surface area contributed by atoms with E-state index in [4.69, 9.17) is 4.74 Å². The Labute approximate surface area is 109 Å². The highest BCUT2D eigenvalue weighted by Gasteiger charge is 2.25. The number of halogens is 2. The smallest absolute Gasteiger partial charge is 0.172 e. The molecule has 1 saturated heterocycles. The molecule has 0 bridgehead atoms. The van der Waals surface area contributed by atoms with E-state index in [1.807, 2.05) is 6.92 Å². The molecule has 0 aromatic heterocycles. The summed E-state index contributed by atoms with van der Waals surface area (Å²) in [4.78, 5) is 11.8. The lowest BCUT2D eigenvalue weighted by Crippen LogP contribution is -2.16. The molecule has 1 aromatic rings. The van der Waals surface area contributed by atoms with E-state index in [0.717, 1.165) is 25.2 Å². The van der Waals surface area contributed by atoms with E-state index in [1.54, 1.807) is 0 Å². The first kappa shape index (κ1) is 13.5. The number of ether oxygens (including phenoxy) is 1. The molecule has 0 saturated carbocycles. The molecule has 18 heavy (non-hydrogen) atoms. The minimum Gasteiger partial charge on any atom is -0.377 e. The molecule has 1 aliphatic heterocycles. The Hall–Kier alpha value is -0.940. The molecule has 1 heterocycles. The van der Waals surface area contributed by atoms with Crippen LogP contribution in [0.3, 0.4) is 0 Å². The average Bonchev–Trinajstić information content (AvgIpc) is 2.75. The molecule has 2 unspecified atom stereocenters. The molecule has 2 atom stereocenters. The molecule has 98 valence electrons. The molecule has 1 aromatic carbocycles. The minimum absolute atomic E-state index is 0.146. The number of carbonyl (C=O) groups excluding carboxylic acids is 1. The largest absolute Gasteiger partial charge is 0.377 e. The number of rotatable bonds is 4. The number of benzene rings is 1. The standard InChI is InChI=1S/C13H14F2O2S/c1-8-13(4-5-17-8)18-7-12(16)9-2-3-10(14)11(15)6-9/h2-3,6,8,13H,4-5,7H2,1H3. The maximum absolute atomic E-state index is 13.0. The molecular formula is C13H14F2O2S. The molecule has 5 heteroatoms. The molecule has 0 aliphatic carbocycles. The van der Waals surface area contributed by atoms with Crippen molar-refractivity contribution >= 4 is 17.5 Å². The number of hydrogen-bond acceptors (Lipinski definition) is 3. The second-order valence-corrected chi connectivity index (χ2v) is 5.49. The maximum atomic E-state index is 13.0. The third-order valence-corrected chi connectivity index (χ3v) is 4.45. The average molecular weight is 272 g/mol. The Morgan fingerprint density at radius 2 is 2.22 bits per heavy atom. The summed E-state index contributed by atoms with van der Waals surface area (Å²) in [7, 11) is 0. The van der Waals surface area contributed by atoms with E-state index >= 15 is 0 Å². The van der Waals surface area contributed by atoms with Crippen LogP contribution >= 0.6 is 11.8 Å². The number of ketones is 1. The second-order valence-electron chi connectivity index (χ2n) is 4.27. The zero-order chi connectivity index (χ0) is 13.1. The van der Waals surface area contributed by atoms with Crippen LogP contribution in [-0.4, -0.2) is 29.5 Å². The van der Waals surface area contributed by atoms with Crippen molar-refractivity contribution in [2.24, 2.45) is 0 Å². The van der Waals surface area contributed by atoms with Crippen molar-refractivity contribution in [2.45, 2.75) is 24.7 Å². The van der Waals surface area contributed by atoms with Gasteiger partial charge in [-0.05, 0) is 31.5 Å². The Balaban J connectivity index is 1.93. The Bertz CT molecular complexity index is 451. The van der Waals surface area contributed by atoms with Crippen molar-refractivity contribution in [1.29, 1.82) is 0 Å². The van der Waals surface area contributed by atoms with Gasteiger partial charge in [0.15, 0.2) is 17.4 Å². The molecular weight excluding hydrogens is 258 g/mol. The fraction of sp³-hybridized carbons (Fsp3) is 0.462. The first-order valence-electron chi connectivity index (χ1n) is 5.79. The summed E-state index contributed by atoms with van der Waals surface area (Å²) in [6, 6.07) is 3.25. The normalized spacial score (nSPS) is 23.3. The topological polar surface area (TPSA) is 26.3 Å². The maximum Gasteiger partial charge on any atom is 0.172 e. The summed E-state index contributed by atoms with van der Waals surface area (Å²) < 4.78 is 31.1. The molecule has 1 fully saturated rings. The van der Waals surface area contributed by atoms with Gasteiger partial charge in [0.1, 0.15) is 0 Å². The van der Waals surface area contributed by atoms with Crippen LogP contribution < -0.4 is 0 Å². The second kappa shape index (κ2) is 5.80. The number of hydrogen-bond donors (Lipinski definition) is 0. The summed E-state index contributed by atoms with van der Waals surface area (Å²) in [5, 5.41) is 0.305. The highest BCUT2D eigenvalue weighted by atomic mass is 32.2. The first-order valence-corrected chi connectivity index (χ1v) is 6.84. The summed E-state index contributed by atoms with van der Waals surface area (Å²) >= 11 is 1.51. The van der Waals surface area contributed by atoms with E-state index in [2.05, 4.69) is 0 Å². The molecule has 0 radical (unpaired) electrons. The van der Waals surface area contributed by atoms with E-state index in [9.17, 15) is 13.6 Å². The predicted molar refractivity (Wildman–Crippen MR) is 67.0 cm³/mol. The predicted octanol–water partition coefficient (Wildman–Crippen LogP) is 3.06. The van der Waals surface area contributed by atoms with Crippen LogP contribution in [0.5, 0.6) is 0 Å². The molecule has 0 N–H and O–H groups in total. The van der Waals surface area contributed by atoms with Gasteiger partial charge in [-0.25, -0.2) is 8.78 Å². The lowest BCUT2D eigenvalue weighted by molar-refractivity contribution is 0.102. The Kier molecular flexibility index (Phi) is 4.35. The fourth-order valence-electron chi connectivity index (χ4n) is 1.87. The zero-order valence-electron chi connectivity index (χ0n) is 9.99. The van der Waals surface area contributed by atoms with Crippen molar-refractivity contribution < 1.29 is 18.3 Å². The van der Waals surface area contributed by atoms with Crippen molar-refractivity contribution in [3.63, 3.8) is 0 Å². The third-order valence-electron chi connectivity index (χ3n) is 2.98. The highest BCUT2D eigenvalue weighted by molar-refractivity contribution is 8.00. The first-order chi connectivity index (χ1) is 8.58. The van der Waals surface area contributed by atoms with Gasteiger partial charge in [-0.1, -0.05) is 0 Å². The number of carbonyl (C=O) groups is 1. The van der Waals surface area contributed by atoms with Gasteiger partial charge < -0.3 is 4.74 Å². The number of Topliss-reactive ketones (excluding diaryl/α,β-unsaturated/α-hetero) is 1. The van der Waals surface area contributed by atoms with Crippen molar-refractivity contribution in [3.05, 3.63) is 35.4 Å². The lowest BCUT2D eigenvalue weighted by Gasteiger charge is -2.12. The van der Waals surface area contributed by atoms with Crippen LogP contribution in [-0.2, 0) is 4.74 Å². The zero-order valence-corrected chi connectivity index (χ0v) is 10.8. The van der Waals surface area contributed by atoms with Gasteiger partial charge >= 0.3 is 0 Å². The van der Waals surface area contributed by atoms with Gasteiger partial charge in [-0.3, -0.25) is 4.79 Å². The Morgan fingerprint density at radius 3 is 2.83 bits per heavy atom. The minimum atomic E-state index is -0.983. The van der Waals surface area contributed by atoms with E-state index in [0.29, 0.717) is 5.25 Å². The van der Waals surface area contributed by atoms with Gasteiger partial charge in [0, 0.05) is 17.4 Å². The number of thioether (sulfide) groups is 1. The summed E-state index contributed by atoms with van der Waals surface area (Å²) in [6.07, 6.45) is 1.07. The summed E-state index contributed by atoms with van der Waals surface area (Å²) in [6.45, 7) is 2.70. The SMILES string of the molecule is CC1OCCC1SCC(=O)c1ccc(F)c(F)c1. The molecule has 2 rings (SSSR count). The van der Waals surface area contributed by atoms with Crippen LogP contribution in [0.2, 0.25) is 0 Å². The van der Waals surface area contributed by atoms with Gasteiger partial charge in [0.05, 0.1) is 11.9 Å².